The van der Waals surface area contributed by atoms with E-state index in [-0.39, 0.29) is 24.8 Å². The van der Waals surface area contributed by atoms with Crippen LogP contribution in [0.15, 0.2) is 18.2 Å². The molecule has 0 aliphatic carbocycles. The summed E-state index contributed by atoms with van der Waals surface area (Å²) in [5.74, 6) is 1.34. The molecule has 5 nitrogen and oxygen atoms in total. The predicted octanol–water partition coefficient (Wildman–Crippen LogP) is 1.96. The van der Waals surface area contributed by atoms with E-state index in [4.69, 9.17) is 9.84 Å². The summed E-state index contributed by atoms with van der Waals surface area (Å²) in [4.78, 5) is 25.3. The first kappa shape index (κ1) is 16.7. The Balaban J connectivity index is 2.13. The number of hydrogen-bond acceptors (Lipinski definition) is 4. The van der Waals surface area contributed by atoms with Gasteiger partial charge >= 0.3 is 5.97 Å². The van der Waals surface area contributed by atoms with Gasteiger partial charge in [-0.15, -0.1) is 0 Å². The van der Waals surface area contributed by atoms with Crippen LogP contribution in [-0.4, -0.2) is 53.1 Å². The van der Waals surface area contributed by atoms with Gasteiger partial charge in [-0.3, -0.25) is 9.59 Å². The number of carboxylic acids is 1. The van der Waals surface area contributed by atoms with E-state index < -0.39 is 5.97 Å². The molecule has 120 valence electrons. The van der Waals surface area contributed by atoms with Gasteiger partial charge in [-0.25, -0.2) is 0 Å². The minimum Gasteiger partial charge on any atom is -0.496 e. The van der Waals surface area contributed by atoms with Crippen LogP contribution in [0.1, 0.15) is 17.5 Å². The molecule has 0 bridgehead atoms. The molecular weight excluding hydrogens is 302 g/mol. The second-order valence-electron chi connectivity index (χ2n) is 5.41. The molecule has 2 rings (SSSR count). The summed E-state index contributed by atoms with van der Waals surface area (Å²) in [5.41, 5.74) is 1.92. The number of hydrogen-bond donors (Lipinski definition) is 1. The standard InChI is InChI=1S/C16H21NO4S/c1-11-3-4-14(21-2)12(7-11)8-15(18)17-5-6-22-10-13(17)9-16(19)20/h3-4,7,13H,5-6,8-10H2,1-2H3,(H,19,20). The number of aryl methyl sites for hydroxylation is 1. The first-order valence-electron chi connectivity index (χ1n) is 7.23. The summed E-state index contributed by atoms with van der Waals surface area (Å²) in [6.07, 6.45) is 0.245. The number of carbonyl (C=O) groups excluding carboxylic acids is 1. The number of carbonyl (C=O) groups is 2. The molecule has 1 amide bonds. The van der Waals surface area contributed by atoms with Gasteiger partial charge in [-0.05, 0) is 13.0 Å². The van der Waals surface area contributed by atoms with Crippen molar-refractivity contribution < 1.29 is 19.4 Å². The first-order valence-corrected chi connectivity index (χ1v) is 8.39. The van der Waals surface area contributed by atoms with Crippen LogP contribution >= 0.6 is 11.8 Å². The third-order valence-corrected chi connectivity index (χ3v) is 4.83. The van der Waals surface area contributed by atoms with Gasteiger partial charge in [0.05, 0.1) is 26.0 Å². The van der Waals surface area contributed by atoms with Crippen molar-refractivity contribution in [3.8, 4) is 5.75 Å². The van der Waals surface area contributed by atoms with Crippen LogP contribution in [0.25, 0.3) is 0 Å². The van der Waals surface area contributed by atoms with Crippen LogP contribution in [0.5, 0.6) is 5.75 Å². The van der Waals surface area contributed by atoms with Gasteiger partial charge in [-0.2, -0.15) is 11.8 Å². The molecule has 1 atom stereocenters. The minimum atomic E-state index is -0.863. The zero-order valence-corrected chi connectivity index (χ0v) is 13.7. The molecule has 1 aliphatic heterocycles. The largest absolute Gasteiger partial charge is 0.496 e. The Hall–Kier alpha value is -1.69. The fraction of sp³-hybridized carbons (Fsp3) is 0.500. The summed E-state index contributed by atoms with van der Waals surface area (Å²) >= 11 is 1.70. The number of aliphatic carboxylic acids is 1. The Kier molecular flexibility index (Phi) is 5.71. The van der Waals surface area contributed by atoms with Crippen LogP contribution in [0.2, 0.25) is 0 Å². The zero-order chi connectivity index (χ0) is 16.1. The molecule has 0 aromatic heterocycles. The van der Waals surface area contributed by atoms with Gasteiger partial charge in [0, 0.05) is 23.6 Å². The molecule has 1 saturated heterocycles. The summed E-state index contributed by atoms with van der Waals surface area (Å²) < 4.78 is 5.31. The summed E-state index contributed by atoms with van der Waals surface area (Å²) in [6, 6.07) is 5.53. The van der Waals surface area contributed by atoms with Crippen molar-refractivity contribution in [1.29, 1.82) is 0 Å². The summed E-state index contributed by atoms with van der Waals surface area (Å²) in [6.45, 7) is 2.58. The van der Waals surface area contributed by atoms with Crippen LogP contribution in [0, 0.1) is 6.92 Å². The van der Waals surface area contributed by atoms with Crippen LogP contribution in [0.4, 0.5) is 0 Å². The van der Waals surface area contributed by atoms with E-state index in [0.29, 0.717) is 18.0 Å². The predicted molar refractivity (Wildman–Crippen MR) is 86.5 cm³/mol. The molecular formula is C16H21NO4S. The van der Waals surface area contributed by atoms with Crippen molar-refractivity contribution in [1.82, 2.24) is 4.90 Å². The Morgan fingerprint density at radius 3 is 2.91 bits per heavy atom. The molecule has 1 N–H and O–H groups in total. The van der Waals surface area contributed by atoms with E-state index in [1.807, 2.05) is 25.1 Å². The van der Waals surface area contributed by atoms with Gasteiger partial charge in [0.1, 0.15) is 5.75 Å². The first-order chi connectivity index (χ1) is 10.5. The van der Waals surface area contributed by atoms with Crippen molar-refractivity contribution in [3.63, 3.8) is 0 Å². The number of ether oxygens (including phenoxy) is 1. The Morgan fingerprint density at radius 2 is 2.23 bits per heavy atom. The molecule has 1 heterocycles. The minimum absolute atomic E-state index is 0.00366. The molecule has 0 saturated carbocycles. The number of rotatable bonds is 5. The van der Waals surface area contributed by atoms with Gasteiger partial charge in [-0.1, -0.05) is 17.7 Å². The number of amides is 1. The number of benzene rings is 1. The third kappa shape index (κ3) is 4.16. The highest BCUT2D eigenvalue weighted by atomic mass is 32.2. The smallest absolute Gasteiger partial charge is 0.305 e. The maximum Gasteiger partial charge on any atom is 0.305 e. The van der Waals surface area contributed by atoms with E-state index in [1.54, 1.807) is 23.8 Å². The monoisotopic (exact) mass is 323 g/mol. The average Bonchev–Trinajstić information content (AvgIpc) is 2.47. The molecule has 1 unspecified atom stereocenters. The Labute approximate surface area is 134 Å². The van der Waals surface area contributed by atoms with Crippen LogP contribution < -0.4 is 4.74 Å². The fourth-order valence-corrected chi connectivity index (χ4v) is 3.73. The molecule has 1 aromatic carbocycles. The third-order valence-electron chi connectivity index (χ3n) is 3.74. The lowest BCUT2D eigenvalue weighted by atomic mass is 10.1. The molecule has 0 radical (unpaired) electrons. The van der Waals surface area contributed by atoms with E-state index in [2.05, 4.69) is 0 Å². The molecule has 6 heteroatoms. The van der Waals surface area contributed by atoms with Gasteiger partial charge < -0.3 is 14.7 Å². The van der Waals surface area contributed by atoms with Gasteiger partial charge in [0.2, 0.25) is 5.91 Å². The lowest BCUT2D eigenvalue weighted by Crippen LogP contribution is -2.47. The quantitative estimate of drug-likeness (QED) is 0.897. The Bertz CT molecular complexity index is 561. The highest BCUT2D eigenvalue weighted by Crippen LogP contribution is 2.24. The van der Waals surface area contributed by atoms with Crippen LogP contribution in [0.3, 0.4) is 0 Å². The number of nitrogens with zero attached hydrogens (tertiary/aromatic N) is 1. The maximum atomic E-state index is 12.6. The van der Waals surface area contributed by atoms with E-state index in [0.717, 1.165) is 16.9 Å². The number of thioether (sulfide) groups is 1. The van der Waals surface area contributed by atoms with Crippen molar-refractivity contribution in [2.45, 2.75) is 25.8 Å². The zero-order valence-electron chi connectivity index (χ0n) is 12.9. The highest BCUT2D eigenvalue weighted by Gasteiger charge is 2.29. The summed E-state index contributed by atoms with van der Waals surface area (Å²) in [5, 5.41) is 9.01. The molecule has 0 spiro atoms. The average molecular weight is 323 g/mol. The van der Waals surface area contributed by atoms with Crippen LogP contribution in [-0.2, 0) is 16.0 Å². The van der Waals surface area contributed by atoms with Crippen molar-refractivity contribution in [2.24, 2.45) is 0 Å². The van der Waals surface area contributed by atoms with Gasteiger partial charge in [0.15, 0.2) is 0 Å². The van der Waals surface area contributed by atoms with E-state index in [9.17, 15) is 9.59 Å². The molecule has 1 aliphatic rings. The lowest BCUT2D eigenvalue weighted by Gasteiger charge is -2.34. The Morgan fingerprint density at radius 1 is 1.45 bits per heavy atom. The van der Waals surface area contributed by atoms with Crippen molar-refractivity contribution >= 4 is 23.6 Å². The number of carboxylic acid groups (broad SMARTS) is 1. The summed E-state index contributed by atoms with van der Waals surface area (Å²) in [7, 11) is 1.59. The van der Waals surface area contributed by atoms with Gasteiger partial charge in [0.25, 0.3) is 0 Å². The van der Waals surface area contributed by atoms with E-state index >= 15 is 0 Å². The molecule has 1 aromatic rings. The van der Waals surface area contributed by atoms with Crippen molar-refractivity contribution in [3.05, 3.63) is 29.3 Å². The highest BCUT2D eigenvalue weighted by molar-refractivity contribution is 7.99. The van der Waals surface area contributed by atoms with Crippen molar-refractivity contribution in [2.75, 3.05) is 25.2 Å². The fourth-order valence-electron chi connectivity index (χ4n) is 2.66. The second kappa shape index (κ2) is 7.54. The number of methoxy groups -OCH3 is 1. The topological polar surface area (TPSA) is 66.8 Å². The lowest BCUT2D eigenvalue weighted by molar-refractivity contribution is -0.140. The second-order valence-corrected chi connectivity index (χ2v) is 6.56. The molecule has 1 fully saturated rings. The maximum absolute atomic E-state index is 12.6. The molecule has 22 heavy (non-hydrogen) atoms. The SMILES string of the molecule is COc1ccc(C)cc1CC(=O)N1CCSCC1CC(=O)O. The normalized spacial score (nSPS) is 18.1. The van der Waals surface area contributed by atoms with E-state index in [1.165, 1.54) is 0 Å².